The van der Waals surface area contributed by atoms with Crippen molar-refractivity contribution < 1.29 is 23.1 Å². The molecule has 1 rings (SSSR count). The number of benzene rings is 1. The van der Waals surface area contributed by atoms with Crippen molar-refractivity contribution in [1.29, 1.82) is 0 Å². The lowest BCUT2D eigenvalue weighted by Crippen LogP contribution is -2.31. The Bertz CT molecular complexity index is 636. The molecule has 2 N–H and O–H groups in total. The summed E-state index contributed by atoms with van der Waals surface area (Å²) in [5, 5.41) is 11.2. The van der Waals surface area contributed by atoms with Crippen LogP contribution in [0.2, 0.25) is 0 Å². The first-order valence-corrected chi connectivity index (χ1v) is 7.83. The molecule has 1 amide bonds. The summed E-state index contributed by atoms with van der Waals surface area (Å²) in [5.74, 6) is -2.21. The van der Waals surface area contributed by atoms with Crippen LogP contribution in [-0.4, -0.2) is 38.2 Å². The van der Waals surface area contributed by atoms with Crippen LogP contribution >= 0.6 is 0 Å². The summed E-state index contributed by atoms with van der Waals surface area (Å²) in [6.45, 7) is 3.10. The van der Waals surface area contributed by atoms with Crippen molar-refractivity contribution in [2.45, 2.75) is 18.7 Å². The fourth-order valence-electron chi connectivity index (χ4n) is 1.58. The Hall–Kier alpha value is -1.89. The third-order valence-corrected chi connectivity index (χ3v) is 4.08. The van der Waals surface area contributed by atoms with E-state index in [1.807, 2.05) is 0 Å². The van der Waals surface area contributed by atoms with Gasteiger partial charge in [-0.15, -0.1) is 0 Å². The standard InChI is InChI=1S/C13H17NO5S/c1-8-4-5-10(6-11(8)20(3,18)19)12(15)14-7-9(2)13(16)17/h4-6,9H,7H2,1-3H3,(H,14,15)(H,16,17). The van der Waals surface area contributed by atoms with E-state index >= 15 is 0 Å². The molecule has 1 aromatic rings. The molecular weight excluding hydrogens is 282 g/mol. The molecule has 0 aliphatic carbocycles. The molecule has 0 spiro atoms. The second-order valence-electron chi connectivity index (χ2n) is 4.70. The van der Waals surface area contributed by atoms with Crippen molar-refractivity contribution in [3.8, 4) is 0 Å². The molecule has 6 nitrogen and oxygen atoms in total. The summed E-state index contributed by atoms with van der Waals surface area (Å²) in [7, 11) is -3.41. The lowest BCUT2D eigenvalue weighted by atomic mass is 10.1. The van der Waals surface area contributed by atoms with Crippen LogP contribution in [0.15, 0.2) is 23.1 Å². The van der Waals surface area contributed by atoms with Crippen LogP contribution in [-0.2, 0) is 14.6 Å². The number of sulfone groups is 1. The van der Waals surface area contributed by atoms with Crippen LogP contribution in [0.1, 0.15) is 22.8 Å². The number of aliphatic carboxylic acids is 1. The van der Waals surface area contributed by atoms with Gasteiger partial charge in [-0.3, -0.25) is 9.59 Å². The van der Waals surface area contributed by atoms with Gasteiger partial charge in [0, 0.05) is 18.4 Å². The number of hydrogen-bond acceptors (Lipinski definition) is 4. The van der Waals surface area contributed by atoms with Crippen molar-refractivity contribution in [3.63, 3.8) is 0 Å². The largest absolute Gasteiger partial charge is 0.481 e. The number of carboxylic acid groups (broad SMARTS) is 1. The van der Waals surface area contributed by atoms with Gasteiger partial charge in [-0.1, -0.05) is 13.0 Å². The molecule has 7 heteroatoms. The number of hydrogen-bond donors (Lipinski definition) is 2. The smallest absolute Gasteiger partial charge is 0.308 e. The number of nitrogens with one attached hydrogen (secondary N) is 1. The van der Waals surface area contributed by atoms with Gasteiger partial charge in [-0.05, 0) is 24.6 Å². The van der Waals surface area contributed by atoms with Crippen molar-refractivity contribution in [2.75, 3.05) is 12.8 Å². The summed E-state index contributed by atoms with van der Waals surface area (Å²) >= 11 is 0. The van der Waals surface area contributed by atoms with Crippen molar-refractivity contribution in [1.82, 2.24) is 5.32 Å². The highest BCUT2D eigenvalue weighted by Gasteiger charge is 2.16. The van der Waals surface area contributed by atoms with Crippen LogP contribution < -0.4 is 5.32 Å². The molecular formula is C13H17NO5S. The van der Waals surface area contributed by atoms with Crippen LogP contribution in [0.4, 0.5) is 0 Å². The summed E-state index contributed by atoms with van der Waals surface area (Å²) in [6.07, 6.45) is 1.07. The summed E-state index contributed by atoms with van der Waals surface area (Å²) in [6, 6.07) is 4.35. The van der Waals surface area contributed by atoms with E-state index in [4.69, 9.17) is 5.11 Å². The van der Waals surface area contributed by atoms with E-state index in [9.17, 15) is 18.0 Å². The summed E-state index contributed by atoms with van der Waals surface area (Å²) in [5.41, 5.74) is 0.747. The topological polar surface area (TPSA) is 101 Å². The van der Waals surface area contributed by atoms with Crippen LogP contribution in [0.3, 0.4) is 0 Å². The Kier molecular flexibility index (Phi) is 4.88. The molecule has 1 atom stereocenters. The second-order valence-corrected chi connectivity index (χ2v) is 6.69. The fourth-order valence-corrected chi connectivity index (χ4v) is 2.57. The van der Waals surface area contributed by atoms with E-state index in [0.29, 0.717) is 5.56 Å². The maximum atomic E-state index is 11.9. The Morgan fingerprint density at radius 3 is 2.45 bits per heavy atom. The van der Waals surface area contributed by atoms with Gasteiger partial charge in [0.1, 0.15) is 0 Å². The van der Waals surface area contributed by atoms with E-state index in [0.717, 1.165) is 6.26 Å². The minimum Gasteiger partial charge on any atom is -0.481 e. The third-order valence-electron chi connectivity index (χ3n) is 2.84. The van der Waals surface area contributed by atoms with Gasteiger partial charge < -0.3 is 10.4 Å². The van der Waals surface area contributed by atoms with Crippen LogP contribution in [0.25, 0.3) is 0 Å². The highest BCUT2D eigenvalue weighted by Crippen LogP contribution is 2.17. The number of aryl methyl sites for hydroxylation is 1. The average Bonchev–Trinajstić information content (AvgIpc) is 2.34. The van der Waals surface area contributed by atoms with Crippen LogP contribution in [0.5, 0.6) is 0 Å². The zero-order valence-corrected chi connectivity index (χ0v) is 12.3. The molecule has 1 unspecified atom stereocenters. The zero-order valence-electron chi connectivity index (χ0n) is 11.5. The predicted molar refractivity (Wildman–Crippen MR) is 73.4 cm³/mol. The van der Waals surface area contributed by atoms with E-state index < -0.39 is 27.6 Å². The van der Waals surface area contributed by atoms with Gasteiger partial charge in [-0.2, -0.15) is 0 Å². The summed E-state index contributed by atoms with van der Waals surface area (Å²) in [4.78, 5) is 22.6. The number of amides is 1. The van der Waals surface area contributed by atoms with Gasteiger partial charge >= 0.3 is 5.97 Å². The molecule has 0 aliphatic rings. The first kappa shape index (κ1) is 16.2. The number of carbonyl (C=O) groups excluding carboxylic acids is 1. The van der Waals surface area contributed by atoms with Crippen molar-refractivity contribution >= 4 is 21.7 Å². The average molecular weight is 299 g/mol. The highest BCUT2D eigenvalue weighted by molar-refractivity contribution is 7.90. The molecule has 1 aromatic carbocycles. The Morgan fingerprint density at radius 1 is 1.35 bits per heavy atom. The minimum absolute atomic E-state index is 0.0176. The normalized spacial score (nSPS) is 12.8. The first-order chi connectivity index (χ1) is 9.12. The Morgan fingerprint density at radius 2 is 1.95 bits per heavy atom. The monoisotopic (exact) mass is 299 g/mol. The number of rotatable bonds is 5. The van der Waals surface area contributed by atoms with E-state index in [1.165, 1.54) is 19.1 Å². The fraction of sp³-hybridized carbons (Fsp3) is 0.385. The lowest BCUT2D eigenvalue weighted by Gasteiger charge is -2.10. The molecule has 20 heavy (non-hydrogen) atoms. The van der Waals surface area contributed by atoms with Gasteiger partial charge in [0.25, 0.3) is 5.91 Å². The van der Waals surface area contributed by atoms with E-state index in [-0.39, 0.29) is 17.0 Å². The SMILES string of the molecule is Cc1ccc(C(=O)NCC(C)C(=O)O)cc1S(C)(=O)=O. The Labute approximate surface area is 117 Å². The van der Waals surface area contributed by atoms with E-state index in [2.05, 4.69) is 5.32 Å². The molecule has 0 aromatic heterocycles. The van der Waals surface area contributed by atoms with Gasteiger partial charge in [0.2, 0.25) is 0 Å². The van der Waals surface area contributed by atoms with Crippen molar-refractivity contribution in [2.24, 2.45) is 5.92 Å². The molecule has 110 valence electrons. The van der Waals surface area contributed by atoms with Gasteiger partial charge in [-0.25, -0.2) is 8.42 Å². The molecule has 0 aliphatic heterocycles. The minimum atomic E-state index is -3.41. The zero-order chi connectivity index (χ0) is 15.5. The number of carboxylic acids is 1. The lowest BCUT2D eigenvalue weighted by molar-refractivity contribution is -0.140. The molecule has 0 saturated heterocycles. The summed E-state index contributed by atoms with van der Waals surface area (Å²) < 4.78 is 23.1. The molecule has 0 radical (unpaired) electrons. The molecule has 0 saturated carbocycles. The van der Waals surface area contributed by atoms with Crippen molar-refractivity contribution in [3.05, 3.63) is 29.3 Å². The van der Waals surface area contributed by atoms with Gasteiger partial charge in [0.15, 0.2) is 9.84 Å². The van der Waals surface area contributed by atoms with E-state index in [1.54, 1.807) is 13.0 Å². The maximum Gasteiger partial charge on any atom is 0.308 e. The van der Waals surface area contributed by atoms with Gasteiger partial charge in [0.05, 0.1) is 10.8 Å². The maximum absolute atomic E-state index is 11.9. The molecule has 0 bridgehead atoms. The third kappa shape index (κ3) is 4.06. The highest BCUT2D eigenvalue weighted by atomic mass is 32.2. The Balaban J connectivity index is 2.93. The molecule has 0 fully saturated rings. The predicted octanol–water partition coefficient (Wildman–Crippen LogP) is 0.849. The first-order valence-electron chi connectivity index (χ1n) is 5.94. The van der Waals surface area contributed by atoms with Crippen LogP contribution in [0, 0.1) is 12.8 Å². The quantitative estimate of drug-likeness (QED) is 0.839. The second kappa shape index (κ2) is 6.04. The number of carbonyl (C=O) groups is 2. The molecule has 0 heterocycles.